The highest BCUT2D eigenvalue weighted by Crippen LogP contribution is 2.39. The molecule has 0 radical (unpaired) electrons. The number of ketones is 1. The van der Waals surface area contributed by atoms with Gasteiger partial charge in [-0.2, -0.15) is 0 Å². The summed E-state index contributed by atoms with van der Waals surface area (Å²) < 4.78 is 19.5. The third kappa shape index (κ3) is 4.83. The van der Waals surface area contributed by atoms with Crippen LogP contribution in [0.1, 0.15) is 37.4 Å². The van der Waals surface area contributed by atoms with Crippen LogP contribution in [0.5, 0.6) is 0 Å². The summed E-state index contributed by atoms with van der Waals surface area (Å²) in [6, 6.07) is 9.43. The number of carbonyl (C=O) groups excluding carboxylic acids is 2. The van der Waals surface area contributed by atoms with E-state index in [4.69, 9.17) is 4.74 Å². The van der Waals surface area contributed by atoms with E-state index in [0.717, 1.165) is 0 Å². The number of aliphatic hydroxyl groups excluding tert-OH is 1. The molecule has 0 aromatic heterocycles. The predicted octanol–water partition coefficient (Wildman–Crippen LogP) is 3.97. The van der Waals surface area contributed by atoms with Crippen molar-refractivity contribution in [1.29, 1.82) is 0 Å². The molecule has 0 aliphatic carbocycles. The Morgan fingerprint density at radius 2 is 1.91 bits per heavy atom. The monoisotopic (exact) mass is 442 g/mol. The van der Waals surface area contributed by atoms with E-state index in [-0.39, 0.29) is 29.5 Å². The van der Waals surface area contributed by atoms with Crippen molar-refractivity contribution >= 4 is 23.1 Å². The number of nitrogens with zero attached hydrogens (tertiary/aromatic N) is 2. The molecular weight excluding hydrogens is 419 g/mol. The third-order valence-corrected chi connectivity index (χ3v) is 5.05. The van der Waals surface area contributed by atoms with Gasteiger partial charge < -0.3 is 14.7 Å². The summed E-state index contributed by atoms with van der Waals surface area (Å²) >= 11 is 0. The molecule has 0 bridgehead atoms. The number of hydrogen-bond donors (Lipinski definition) is 1. The molecule has 2 aromatic carbocycles. The highest BCUT2D eigenvalue weighted by molar-refractivity contribution is 6.46. The van der Waals surface area contributed by atoms with Gasteiger partial charge in [0.1, 0.15) is 11.6 Å². The van der Waals surface area contributed by atoms with Crippen molar-refractivity contribution in [1.82, 2.24) is 4.90 Å². The van der Waals surface area contributed by atoms with Gasteiger partial charge in [-0.25, -0.2) is 4.39 Å². The van der Waals surface area contributed by atoms with Gasteiger partial charge in [-0.1, -0.05) is 12.1 Å². The summed E-state index contributed by atoms with van der Waals surface area (Å²) in [5, 5.41) is 21.8. The lowest BCUT2D eigenvalue weighted by Crippen LogP contribution is -2.31. The smallest absolute Gasteiger partial charge is 0.295 e. The molecule has 0 unspecified atom stereocenters. The lowest BCUT2D eigenvalue weighted by molar-refractivity contribution is -0.384. The second-order valence-electron chi connectivity index (χ2n) is 7.62. The summed E-state index contributed by atoms with van der Waals surface area (Å²) in [5.41, 5.74) is 0.0867. The summed E-state index contributed by atoms with van der Waals surface area (Å²) in [6.45, 7) is 4.28. The number of amides is 1. The van der Waals surface area contributed by atoms with Gasteiger partial charge in [-0.15, -0.1) is 0 Å². The number of halogens is 1. The van der Waals surface area contributed by atoms with Crippen LogP contribution in [0.4, 0.5) is 10.1 Å². The third-order valence-electron chi connectivity index (χ3n) is 5.05. The molecule has 1 saturated heterocycles. The van der Waals surface area contributed by atoms with Crippen molar-refractivity contribution in [3.8, 4) is 0 Å². The zero-order valence-corrected chi connectivity index (χ0v) is 17.7. The van der Waals surface area contributed by atoms with E-state index in [2.05, 4.69) is 0 Å². The molecule has 1 heterocycles. The molecule has 0 spiro atoms. The first-order valence-electron chi connectivity index (χ1n) is 10.1. The Kier molecular flexibility index (Phi) is 6.99. The second-order valence-corrected chi connectivity index (χ2v) is 7.62. The minimum Gasteiger partial charge on any atom is -0.507 e. The van der Waals surface area contributed by atoms with Crippen molar-refractivity contribution in [2.75, 3.05) is 13.2 Å². The van der Waals surface area contributed by atoms with Gasteiger partial charge >= 0.3 is 0 Å². The van der Waals surface area contributed by atoms with Crippen LogP contribution in [0.25, 0.3) is 5.76 Å². The molecule has 0 saturated carbocycles. The van der Waals surface area contributed by atoms with Gasteiger partial charge in [0, 0.05) is 30.8 Å². The maximum absolute atomic E-state index is 14.0. The number of nitro benzene ring substituents is 1. The average molecular weight is 442 g/mol. The zero-order chi connectivity index (χ0) is 23.4. The van der Waals surface area contributed by atoms with Gasteiger partial charge in [0.2, 0.25) is 0 Å². The molecule has 32 heavy (non-hydrogen) atoms. The van der Waals surface area contributed by atoms with E-state index in [1.54, 1.807) is 6.07 Å². The van der Waals surface area contributed by atoms with Gasteiger partial charge in [0.05, 0.1) is 22.6 Å². The van der Waals surface area contributed by atoms with Crippen molar-refractivity contribution in [3.05, 3.63) is 81.2 Å². The largest absolute Gasteiger partial charge is 0.507 e. The van der Waals surface area contributed by atoms with Gasteiger partial charge in [0.15, 0.2) is 0 Å². The molecule has 1 N–H and O–H groups in total. The number of nitro groups is 1. The van der Waals surface area contributed by atoms with E-state index in [1.807, 2.05) is 13.8 Å². The number of aliphatic hydroxyl groups is 1. The first kappa shape index (κ1) is 23.1. The molecule has 1 atom stereocenters. The molecule has 3 rings (SSSR count). The SMILES string of the molecule is CC(C)OCCCN1C(=O)C(=O)C(=C(O)c2ccc([N+](=O)[O-])cc2)[C@H]1c1cccc(F)c1. The fourth-order valence-electron chi connectivity index (χ4n) is 3.58. The number of hydrogen-bond acceptors (Lipinski definition) is 6. The van der Waals surface area contributed by atoms with Crippen molar-refractivity contribution in [2.45, 2.75) is 32.4 Å². The summed E-state index contributed by atoms with van der Waals surface area (Å²) in [5.74, 6) is -2.74. The Morgan fingerprint density at radius 3 is 2.50 bits per heavy atom. The Hall–Kier alpha value is -3.59. The Balaban J connectivity index is 2.03. The summed E-state index contributed by atoms with van der Waals surface area (Å²) in [4.78, 5) is 37.3. The second kappa shape index (κ2) is 9.69. The maximum atomic E-state index is 14.0. The van der Waals surface area contributed by atoms with E-state index >= 15 is 0 Å². The molecule has 9 heteroatoms. The minimum absolute atomic E-state index is 0.00608. The van der Waals surface area contributed by atoms with Crippen LogP contribution in [0.3, 0.4) is 0 Å². The molecule has 8 nitrogen and oxygen atoms in total. The van der Waals surface area contributed by atoms with Crippen molar-refractivity contribution in [2.24, 2.45) is 0 Å². The van der Waals surface area contributed by atoms with Gasteiger partial charge in [-0.05, 0) is 50.1 Å². The lowest BCUT2D eigenvalue weighted by Gasteiger charge is -2.25. The number of rotatable bonds is 8. The van der Waals surface area contributed by atoms with Crippen LogP contribution in [0, 0.1) is 15.9 Å². The quantitative estimate of drug-likeness (QED) is 0.165. The molecular formula is C23H23FN2O6. The number of benzene rings is 2. The number of Topliss-reactive ketones (excluding diaryl/α,β-unsaturated/α-hetero) is 1. The fraction of sp³-hybridized carbons (Fsp3) is 0.304. The Labute approximate surface area is 184 Å². The summed E-state index contributed by atoms with van der Waals surface area (Å²) in [6.07, 6.45) is 0.445. The Morgan fingerprint density at radius 1 is 1.22 bits per heavy atom. The van der Waals surface area contributed by atoms with Crippen molar-refractivity contribution in [3.63, 3.8) is 0 Å². The van der Waals surface area contributed by atoms with Gasteiger partial charge in [0.25, 0.3) is 17.4 Å². The van der Waals surface area contributed by atoms with Crippen LogP contribution in [-0.2, 0) is 14.3 Å². The standard InChI is InChI=1S/C23H23FN2O6/c1-14(2)32-12-4-11-25-20(16-5-3-6-17(24)13-16)19(22(28)23(25)29)21(27)15-7-9-18(10-8-15)26(30)31/h3,5-10,13-14,20,27H,4,11-12H2,1-2H3/t20-/m1/s1. The Bertz CT molecular complexity index is 1060. The molecule has 1 fully saturated rings. The van der Waals surface area contributed by atoms with Crippen LogP contribution in [0.2, 0.25) is 0 Å². The maximum Gasteiger partial charge on any atom is 0.295 e. The van der Waals surface area contributed by atoms with Crippen LogP contribution in [0.15, 0.2) is 54.1 Å². The number of ether oxygens (including phenoxy) is 1. The normalized spacial score (nSPS) is 17.9. The number of non-ortho nitro benzene ring substituents is 1. The molecule has 1 aliphatic rings. The topological polar surface area (TPSA) is 110 Å². The molecule has 2 aromatic rings. The highest BCUT2D eigenvalue weighted by Gasteiger charge is 2.45. The molecule has 1 amide bonds. The first-order valence-corrected chi connectivity index (χ1v) is 10.1. The highest BCUT2D eigenvalue weighted by atomic mass is 19.1. The van der Waals surface area contributed by atoms with Crippen LogP contribution >= 0.6 is 0 Å². The van der Waals surface area contributed by atoms with E-state index in [9.17, 15) is 29.2 Å². The van der Waals surface area contributed by atoms with Crippen molar-refractivity contribution < 1.29 is 28.7 Å². The number of likely N-dealkylation sites (tertiary alicyclic amines) is 1. The minimum atomic E-state index is -1.00. The first-order chi connectivity index (χ1) is 15.2. The van der Waals surface area contributed by atoms with E-state index < -0.39 is 34.2 Å². The lowest BCUT2D eigenvalue weighted by atomic mass is 9.95. The predicted molar refractivity (Wildman–Crippen MR) is 114 cm³/mol. The van der Waals surface area contributed by atoms with Crippen LogP contribution < -0.4 is 0 Å². The number of carbonyl (C=O) groups is 2. The summed E-state index contributed by atoms with van der Waals surface area (Å²) in [7, 11) is 0. The van der Waals surface area contributed by atoms with Crippen LogP contribution in [-0.4, -0.2) is 45.9 Å². The molecule has 168 valence electrons. The van der Waals surface area contributed by atoms with E-state index in [1.165, 1.54) is 47.4 Å². The zero-order valence-electron chi connectivity index (χ0n) is 17.7. The molecule has 1 aliphatic heterocycles. The van der Waals surface area contributed by atoms with Gasteiger partial charge in [-0.3, -0.25) is 19.7 Å². The average Bonchev–Trinajstić information content (AvgIpc) is 3.01. The fourth-order valence-corrected chi connectivity index (χ4v) is 3.58. The van der Waals surface area contributed by atoms with E-state index in [0.29, 0.717) is 18.6 Å².